The van der Waals surface area contributed by atoms with E-state index in [2.05, 4.69) is 11.2 Å². The molecule has 2 heterocycles. The van der Waals surface area contributed by atoms with E-state index < -0.39 is 0 Å². The van der Waals surface area contributed by atoms with Crippen LogP contribution >= 0.6 is 0 Å². The van der Waals surface area contributed by atoms with Crippen molar-refractivity contribution in [3.8, 4) is 6.07 Å². The third-order valence-corrected chi connectivity index (χ3v) is 2.67. The molecule has 6 nitrogen and oxygen atoms in total. The van der Waals surface area contributed by atoms with Gasteiger partial charge in [0.2, 0.25) is 0 Å². The Balaban J connectivity index is 2.20. The van der Waals surface area contributed by atoms with Crippen LogP contribution in [0.1, 0.15) is 6.92 Å². The van der Waals surface area contributed by atoms with E-state index in [0.29, 0.717) is 18.9 Å². The van der Waals surface area contributed by atoms with Crippen LogP contribution in [0.3, 0.4) is 0 Å². The molecule has 6 heteroatoms. The molecular formula is C12H15N5O. The summed E-state index contributed by atoms with van der Waals surface area (Å²) in [4.78, 5) is 13.9. The fourth-order valence-electron chi connectivity index (χ4n) is 1.85. The molecule has 0 radical (unpaired) electrons. The Morgan fingerprint density at radius 1 is 1.56 bits per heavy atom. The maximum absolute atomic E-state index is 12.0. The van der Waals surface area contributed by atoms with Gasteiger partial charge in [-0.25, -0.2) is 4.79 Å². The van der Waals surface area contributed by atoms with Crippen LogP contribution in [0.4, 0.5) is 0 Å². The minimum atomic E-state index is -0.165. The van der Waals surface area contributed by atoms with Gasteiger partial charge in [0, 0.05) is 12.7 Å². The molecule has 0 N–H and O–H groups in total. The Kier molecular flexibility index (Phi) is 3.44. The summed E-state index contributed by atoms with van der Waals surface area (Å²) in [5.74, 6) is -0.0669. The molecule has 0 aliphatic rings. The first-order chi connectivity index (χ1) is 8.61. The summed E-state index contributed by atoms with van der Waals surface area (Å²) in [6.07, 6.45) is 1.69. The van der Waals surface area contributed by atoms with Crippen LogP contribution in [0.15, 0.2) is 29.2 Å². The maximum Gasteiger partial charge on any atom is 0.351 e. The summed E-state index contributed by atoms with van der Waals surface area (Å²) in [6, 6.07) is 7.59. The highest BCUT2D eigenvalue weighted by atomic mass is 16.2. The molecule has 2 rings (SSSR count). The summed E-state index contributed by atoms with van der Waals surface area (Å²) in [5, 5.41) is 13.0. The van der Waals surface area contributed by atoms with Gasteiger partial charge in [-0.05, 0) is 26.1 Å². The van der Waals surface area contributed by atoms with Crippen LogP contribution in [-0.4, -0.2) is 32.7 Å². The number of hydrogen-bond acceptors (Lipinski definition) is 4. The highest BCUT2D eigenvalue weighted by Gasteiger charge is 2.10. The Hall–Kier alpha value is -2.13. The standard InChI is InChI=1S/C12H15N5O/c1-10(7-13)8-15(2)9-17-12(18)16-6-4-3-5-11(16)14-17/h3-6,10H,8-9H2,1-2H3/t10-/m0/s1. The van der Waals surface area contributed by atoms with Crippen molar-refractivity contribution in [2.24, 2.45) is 5.92 Å². The van der Waals surface area contributed by atoms with Crippen LogP contribution < -0.4 is 5.69 Å². The zero-order chi connectivity index (χ0) is 13.1. The molecule has 0 aliphatic carbocycles. The Labute approximate surface area is 105 Å². The van der Waals surface area contributed by atoms with Gasteiger partial charge >= 0.3 is 5.69 Å². The highest BCUT2D eigenvalue weighted by Crippen LogP contribution is 1.99. The van der Waals surface area contributed by atoms with Crippen molar-refractivity contribution < 1.29 is 0 Å². The third-order valence-electron chi connectivity index (χ3n) is 2.67. The molecule has 0 fully saturated rings. The first kappa shape index (κ1) is 12.3. The van der Waals surface area contributed by atoms with Gasteiger partial charge in [0.05, 0.1) is 18.7 Å². The van der Waals surface area contributed by atoms with Gasteiger partial charge in [-0.1, -0.05) is 6.07 Å². The van der Waals surface area contributed by atoms with Crippen molar-refractivity contribution in [3.05, 3.63) is 34.9 Å². The first-order valence-corrected chi connectivity index (χ1v) is 5.74. The minimum absolute atomic E-state index is 0.0669. The molecule has 18 heavy (non-hydrogen) atoms. The van der Waals surface area contributed by atoms with Gasteiger partial charge < -0.3 is 0 Å². The molecule has 2 aromatic heterocycles. The molecular weight excluding hydrogens is 230 g/mol. The average molecular weight is 245 g/mol. The highest BCUT2D eigenvalue weighted by molar-refractivity contribution is 5.35. The van der Waals surface area contributed by atoms with Crippen molar-refractivity contribution in [2.45, 2.75) is 13.6 Å². The monoisotopic (exact) mass is 245 g/mol. The molecule has 0 amide bonds. The second kappa shape index (κ2) is 5.02. The number of nitriles is 1. The number of rotatable bonds is 4. The zero-order valence-electron chi connectivity index (χ0n) is 10.4. The molecule has 0 saturated carbocycles. The second-order valence-corrected chi connectivity index (χ2v) is 4.42. The zero-order valence-corrected chi connectivity index (χ0v) is 10.4. The predicted molar refractivity (Wildman–Crippen MR) is 66.9 cm³/mol. The maximum atomic E-state index is 12.0. The Morgan fingerprint density at radius 2 is 2.33 bits per heavy atom. The molecule has 0 aromatic carbocycles. The molecule has 0 aliphatic heterocycles. The van der Waals surface area contributed by atoms with Crippen molar-refractivity contribution in [3.63, 3.8) is 0 Å². The van der Waals surface area contributed by atoms with Crippen LogP contribution in [0, 0.1) is 17.2 Å². The summed E-state index contributed by atoms with van der Waals surface area (Å²) in [5.41, 5.74) is 0.464. The van der Waals surface area contributed by atoms with Gasteiger partial charge in [-0.2, -0.15) is 9.94 Å². The Bertz CT molecular complexity index is 636. The topological polar surface area (TPSA) is 66.3 Å². The van der Waals surface area contributed by atoms with E-state index in [1.165, 1.54) is 9.08 Å². The van der Waals surface area contributed by atoms with Crippen LogP contribution in [-0.2, 0) is 6.67 Å². The van der Waals surface area contributed by atoms with E-state index in [1.807, 2.05) is 24.9 Å². The Morgan fingerprint density at radius 3 is 3.00 bits per heavy atom. The van der Waals surface area contributed by atoms with E-state index >= 15 is 0 Å². The molecule has 2 aromatic rings. The van der Waals surface area contributed by atoms with Gasteiger partial charge in [0.1, 0.15) is 0 Å². The quantitative estimate of drug-likeness (QED) is 0.788. The summed E-state index contributed by atoms with van der Waals surface area (Å²) in [7, 11) is 1.87. The van der Waals surface area contributed by atoms with Crippen molar-refractivity contribution in [1.82, 2.24) is 19.1 Å². The summed E-state index contributed by atoms with van der Waals surface area (Å²) < 4.78 is 2.90. The fraction of sp³-hybridized carbons (Fsp3) is 0.417. The summed E-state index contributed by atoms with van der Waals surface area (Å²) >= 11 is 0. The lowest BCUT2D eigenvalue weighted by molar-refractivity contribution is 0.234. The lowest BCUT2D eigenvalue weighted by Crippen LogP contribution is -2.32. The van der Waals surface area contributed by atoms with E-state index in [0.717, 1.165) is 0 Å². The van der Waals surface area contributed by atoms with Crippen molar-refractivity contribution >= 4 is 5.65 Å². The van der Waals surface area contributed by atoms with Gasteiger partial charge in [-0.15, -0.1) is 5.10 Å². The van der Waals surface area contributed by atoms with Gasteiger partial charge in [0.15, 0.2) is 5.65 Å². The normalized spacial score (nSPS) is 12.8. The fourth-order valence-corrected chi connectivity index (χ4v) is 1.85. The smallest absolute Gasteiger partial charge is 0.286 e. The third kappa shape index (κ3) is 2.41. The van der Waals surface area contributed by atoms with Crippen LogP contribution in [0.5, 0.6) is 0 Å². The second-order valence-electron chi connectivity index (χ2n) is 4.42. The SMILES string of the molecule is C[C@@H](C#N)CN(C)Cn1nc2ccccn2c1=O. The van der Waals surface area contributed by atoms with Gasteiger partial charge in [0.25, 0.3) is 0 Å². The predicted octanol–water partition coefficient (Wildman–Crippen LogP) is 0.545. The first-order valence-electron chi connectivity index (χ1n) is 5.74. The molecule has 0 spiro atoms. The number of fused-ring (bicyclic) bond motifs is 1. The lowest BCUT2D eigenvalue weighted by atomic mass is 10.2. The van der Waals surface area contributed by atoms with Gasteiger partial charge in [-0.3, -0.25) is 9.30 Å². The van der Waals surface area contributed by atoms with Crippen molar-refractivity contribution in [1.29, 1.82) is 5.26 Å². The average Bonchev–Trinajstić information content (AvgIpc) is 2.66. The van der Waals surface area contributed by atoms with E-state index in [-0.39, 0.29) is 11.6 Å². The number of hydrogen-bond donors (Lipinski definition) is 0. The number of nitrogens with zero attached hydrogens (tertiary/aromatic N) is 5. The number of pyridine rings is 1. The van der Waals surface area contributed by atoms with Crippen molar-refractivity contribution in [2.75, 3.05) is 13.6 Å². The van der Waals surface area contributed by atoms with Crippen LogP contribution in [0.25, 0.3) is 5.65 Å². The van der Waals surface area contributed by atoms with E-state index in [1.54, 1.807) is 18.3 Å². The molecule has 0 bridgehead atoms. The molecule has 1 atom stereocenters. The molecule has 0 unspecified atom stereocenters. The van der Waals surface area contributed by atoms with E-state index in [9.17, 15) is 4.79 Å². The number of aromatic nitrogens is 3. The van der Waals surface area contributed by atoms with E-state index in [4.69, 9.17) is 5.26 Å². The molecule has 0 saturated heterocycles. The largest absolute Gasteiger partial charge is 0.351 e. The minimum Gasteiger partial charge on any atom is -0.286 e. The van der Waals surface area contributed by atoms with Crippen LogP contribution in [0.2, 0.25) is 0 Å². The lowest BCUT2D eigenvalue weighted by Gasteiger charge is -2.16. The molecule has 94 valence electrons. The summed E-state index contributed by atoms with van der Waals surface area (Å²) in [6.45, 7) is 2.84.